The highest BCUT2D eigenvalue weighted by Crippen LogP contribution is 2.13. The van der Waals surface area contributed by atoms with Gasteiger partial charge < -0.3 is 30.2 Å². The Bertz CT molecular complexity index is 635. The minimum Gasteiger partial charge on any atom is -0.539 e. The van der Waals surface area contributed by atoms with E-state index in [-0.39, 0.29) is 17.8 Å². The molecule has 162 valence electrons. The second kappa shape index (κ2) is 15.2. The van der Waals surface area contributed by atoms with Crippen molar-refractivity contribution in [1.82, 2.24) is 0 Å². The van der Waals surface area contributed by atoms with Crippen LogP contribution in [0.2, 0.25) is 0 Å². The van der Waals surface area contributed by atoms with E-state index in [1.807, 2.05) is 42.6 Å². The molecule has 2 unspecified atom stereocenters. The number of methoxy groups -OCH3 is 1. The number of rotatable bonds is 11. The van der Waals surface area contributed by atoms with Crippen LogP contribution in [0.5, 0.6) is 0 Å². The Hall–Kier alpha value is -2.78. The van der Waals surface area contributed by atoms with Gasteiger partial charge in [-0.05, 0) is 25.3 Å². The van der Waals surface area contributed by atoms with Crippen molar-refractivity contribution >= 4 is 23.7 Å². The van der Waals surface area contributed by atoms with Crippen LogP contribution in [-0.4, -0.2) is 53.6 Å². The van der Waals surface area contributed by atoms with Crippen molar-refractivity contribution in [1.29, 1.82) is 0 Å². The second-order valence-electron chi connectivity index (χ2n) is 6.40. The Balaban J connectivity index is 0.00000113. The number of nitrogens with two attached hydrogens (primary N) is 1. The fourth-order valence-corrected chi connectivity index (χ4v) is 2.41. The number of carboxylic acids is 2. The number of carbonyl (C=O) groups is 4. The summed E-state index contributed by atoms with van der Waals surface area (Å²) in [7, 11) is 1.37. The van der Waals surface area contributed by atoms with Crippen molar-refractivity contribution in [3.05, 3.63) is 35.9 Å². The van der Waals surface area contributed by atoms with E-state index in [0.29, 0.717) is 32.2 Å². The van der Waals surface area contributed by atoms with Gasteiger partial charge in [0.15, 0.2) is 5.97 Å². The summed E-state index contributed by atoms with van der Waals surface area (Å²) in [5.74, 6) is -4.04. The number of aliphatic carboxylic acids is 2. The molecule has 1 aromatic carbocycles. The van der Waals surface area contributed by atoms with E-state index in [4.69, 9.17) is 19.8 Å². The molecule has 0 bridgehead atoms. The van der Waals surface area contributed by atoms with Crippen molar-refractivity contribution in [2.24, 2.45) is 0 Å². The van der Waals surface area contributed by atoms with Crippen LogP contribution in [0.15, 0.2) is 30.3 Å². The smallest absolute Gasteiger partial charge is 0.351 e. The predicted octanol–water partition coefficient (Wildman–Crippen LogP) is -0.815. The number of unbranched alkanes of at least 4 members (excludes halogenated alkanes) is 1. The quantitative estimate of drug-likeness (QED) is 0.242. The molecule has 2 atom stereocenters. The molecule has 0 heterocycles. The molecule has 0 aliphatic heterocycles. The molecule has 0 aliphatic carbocycles. The third-order valence-electron chi connectivity index (χ3n) is 4.09. The lowest BCUT2D eigenvalue weighted by atomic mass is 10.0. The molecule has 0 saturated heterocycles. The van der Waals surface area contributed by atoms with Crippen LogP contribution in [0.1, 0.15) is 50.7 Å². The van der Waals surface area contributed by atoms with E-state index in [0.717, 1.165) is 12.0 Å². The third-order valence-corrected chi connectivity index (χ3v) is 4.09. The molecule has 4 N–H and O–H groups in total. The number of quaternary nitrogens is 1. The molecule has 0 saturated carbocycles. The predicted molar refractivity (Wildman–Crippen MR) is 100 cm³/mol. The summed E-state index contributed by atoms with van der Waals surface area (Å²) >= 11 is 0. The van der Waals surface area contributed by atoms with Gasteiger partial charge in [0, 0.05) is 12.8 Å². The third kappa shape index (κ3) is 13.1. The van der Waals surface area contributed by atoms with Crippen LogP contribution < -0.4 is 10.4 Å². The Morgan fingerprint density at radius 2 is 1.62 bits per heavy atom. The lowest BCUT2D eigenvalue weighted by molar-refractivity contribution is -0.693. The highest BCUT2D eigenvalue weighted by molar-refractivity contribution is 6.26. The Morgan fingerprint density at radius 1 is 1.07 bits per heavy atom. The van der Waals surface area contributed by atoms with Crippen molar-refractivity contribution in [3.8, 4) is 0 Å². The van der Waals surface area contributed by atoms with Crippen LogP contribution in [0.4, 0.5) is 0 Å². The molecule has 0 aliphatic rings. The molecule has 0 aromatic heterocycles. The lowest BCUT2D eigenvalue weighted by Crippen LogP contribution is -2.90. The first-order valence-corrected chi connectivity index (χ1v) is 9.28. The van der Waals surface area contributed by atoms with Gasteiger partial charge in [0.25, 0.3) is 0 Å². The van der Waals surface area contributed by atoms with Gasteiger partial charge in [-0.25, -0.2) is 4.79 Å². The number of aliphatic hydroxyl groups excluding tert-OH is 1. The molecular weight excluding hydrogens is 382 g/mol. The first-order chi connectivity index (χ1) is 13.7. The summed E-state index contributed by atoms with van der Waals surface area (Å²) in [6.07, 6.45) is 2.23. The van der Waals surface area contributed by atoms with Crippen LogP contribution in [0.3, 0.4) is 0 Å². The number of ether oxygens (including phenoxy) is 1. The van der Waals surface area contributed by atoms with Crippen LogP contribution in [0, 0.1) is 0 Å². The topological polar surface area (TPSA) is 158 Å². The summed E-state index contributed by atoms with van der Waals surface area (Å²) < 4.78 is 4.55. The summed E-state index contributed by atoms with van der Waals surface area (Å²) in [6, 6.07) is 9.54. The molecule has 0 spiro atoms. The monoisotopic (exact) mass is 411 g/mol. The van der Waals surface area contributed by atoms with E-state index in [2.05, 4.69) is 4.74 Å². The standard InChI is InChI=1S/C18H27NO4.C2H2O4/c1-14(18(22)15-8-4-3-5-9-15)19-13-12-16(20)10-6-7-11-17(21)23-2;3-1(4)2(5)6/h3-5,8-9,14,18-19,22H,6-7,10-13H2,1-2H3;(H,3,4)(H,5,6). The molecular formula is C20H29NO8. The molecule has 1 rings (SSSR count). The van der Waals surface area contributed by atoms with Crippen LogP contribution in [0.25, 0.3) is 0 Å². The fraction of sp³-hybridized carbons (Fsp3) is 0.500. The maximum absolute atomic E-state index is 11.8. The zero-order valence-corrected chi connectivity index (χ0v) is 16.7. The van der Waals surface area contributed by atoms with Gasteiger partial charge in [0.2, 0.25) is 0 Å². The zero-order chi connectivity index (χ0) is 22.2. The summed E-state index contributed by atoms with van der Waals surface area (Å²) in [6.45, 7) is 2.62. The number of hydrogen-bond donors (Lipinski definition) is 3. The number of Topliss-reactive ketones (excluding diaryl/α,β-unsaturated/α-hetero) is 1. The number of esters is 1. The molecule has 1 aromatic rings. The minimum atomic E-state index is -2.07. The summed E-state index contributed by atoms with van der Waals surface area (Å²) in [5, 5.41) is 28.6. The van der Waals surface area contributed by atoms with Crippen molar-refractivity contribution in [3.63, 3.8) is 0 Å². The van der Waals surface area contributed by atoms with E-state index >= 15 is 0 Å². The van der Waals surface area contributed by atoms with Gasteiger partial charge in [-0.3, -0.25) is 9.59 Å². The van der Waals surface area contributed by atoms with Crippen molar-refractivity contribution in [2.75, 3.05) is 13.7 Å². The fourth-order valence-electron chi connectivity index (χ4n) is 2.41. The van der Waals surface area contributed by atoms with Crippen LogP contribution >= 0.6 is 0 Å². The molecule has 9 heteroatoms. The van der Waals surface area contributed by atoms with E-state index in [9.17, 15) is 14.7 Å². The van der Waals surface area contributed by atoms with Crippen LogP contribution in [-0.2, 0) is 23.9 Å². The minimum absolute atomic E-state index is 0.00419. The van der Waals surface area contributed by atoms with Gasteiger partial charge in [-0.1, -0.05) is 30.3 Å². The number of carbonyl (C=O) groups excluding carboxylic acids is 3. The maximum Gasteiger partial charge on any atom is 0.351 e. The van der Waals surface area contributed by atoms with Crippen molar-refractivity contribution in [2.45, 2.75) is 51.2 Å². The van der Waals surface area contributed by atoms with Gasteiger partial charge in [-0.15, -0.1) is 0 Å². The maximum atomic E-state index is 11.8. The zero-order valence-electron chi connectivity index (χ0n) is 16.7. The average molecular weight is 411 g/mol. The highest BCUT2D eigenvalue weighted by atomic mass is 16.5. The van der Waals surface area contributed by atoms with E-state index in [1.165, 1.54) is 7.11 Å². The molecule has 0 radical (unpaired) electrons. The largest absolute Gasteiger partial charge is 0.539 e. The highest BCUT2D eigenvalue weighted by Gasteiger charge is 2.18. The number of ketones is 1. The summed E-state index contributed by atoms with van der Waals surface area (Å²) in [5.41, 5.74) is 0.894. The number of benzene rings is 1. The van der Waals surface area contributed by atoms with E-state index < -0.39 is 18.0 Å². The van der Waals surface area contributed by atoms with Crippen molar-refractivity contribution < 1.29 is 44.6 Å². The molecule has 9 nitrogen and oxygen atoms in total. The molecule has 0 amide bonds. The SMILES string of the molecule is COC(=O)CCCCC(=O)CC[NH2+]C(C)C(O)c1ccccc1.O=C([O-])C(=O)O. The van der Waals surface area contributed by atoms with Gasteiger partial charge in [-0.2, -0.15) is 0 Å². The number of aliphatic hydroxyl groups is 1. The molecule has 0 fully saturated rings. The number of carboxylic acid groups (broad SMARTS) is 2. The molecule has 29 heavy (non-hydrogen) atoms. The summed E-state index contributed by atoms with van der Waals surface area (Å²) in [4.78, 5) is 40.8. The second-order valence-corrected chi connectivity index (χ2v) is 6.40. The Labute approximate surface area is 169 Å². The van der Waals surface area contributed by atoms with Gasteiger partial charge in [0.05, 0.1) is 20.1 Å². The normalized spacial score (nSPS) is 12.1. The lowest BCUT2D eigenvalue weighted by Gasteiger charge is -2.17. The Morgan fingerprint density at radius 3 is 2.14 bits per heavy atom. The average Bonchev–Trinajstić information content (AvgIpc) is 2.71. The number of hydrogen-bond acceptors (Lipinski definition) is 7. The first kappa shape index (κ1) is 26.2. The van der Waals surface area contributed by atoms with E-state index in [1.54, 1.807) is 0 Å². The Kier molecular flexibility index (Phi) is 13.7. The van der Waals surface area contributed by atoms with Gasteiger partial charge in [0.1, 0.15) is 17.9 Å². The first-order valence-electron chi connectivity index (χ1n) is 9.28. The van der Waals surface area contributed by atoms with Gasteiger partial charge >= 0.3 is 11.9 Å².